The van der Waals surface area contributed by atoms with Gasteiger partial charge in [-0.1, -0.05) is 13.8 Å². The zero-order chi connectivity index (χ0) is 16.0. The van der Waals surface area contributed by atoms with E-state index < -0.39 is 18.0 Å². The summed E-state index contributed by atoms with van der Waals surface area (Å²) in [5.74, 6) is -1.51. The van der Waals surface area contributed by atoms with Crippen molar-refractivity contribution in [2.75, 3.05) is 6.54 Å². The fourth-order valence-electron chi connectivity index (χ4n) is 1.61. The number of aromatic nitrogens is 1. The molecule has 9 heteroatoms. The number of nitrogens with two attached hydrogens (primary N) is 1. The molecular weight excluding hydrogens is 296 g/mol. The summed E-state index contributed by atoms with van der Waals surface area (Å²) in [6, 6.07) is -1.46. The lowest BCUT2D eigenvalue weighted by Crippen LogP contribution is -2.51. The first kappa shape index (κ1) is 16.9. The van der Waals surface area contributed by atoms with Crippen LogP contribution in [0.2, 0.25) is 0 Å². The number of carboxylic acids is 1. The molecule has 21 heavy (non-hydrogen) atoms. The predicted molar refractivity (Wildman–Crippen MR) is 77.1 cm³/mol. The molecule has 0 bridgehead atoms. The van der Waals surface area contributed by atoms with Crippen molar-refractivity contribution < 1.29 is 19.5 Å². The monoisotopic (exact) mass is 314 g/mol. The Bertz CT molecular complexity index is 529. The molecular formula is C12H18N4O4S. The highest BCUT2D eigenvalue weighted by atomic mass is 32.1. The molecule has 0 saturated carbocycles. The molecule has 3 amide bonds. The molecule has 0 fully saturated rings. The van der Waals surface area contributed by atoms with E-state index >= 15 is 0 Å². The van der Waals surface area contributed by atoms with Crippen molar-refractivity contribution in [1.29, 1.82) is 0 Å². The Morgan fingerprint density at radius 3 is 2.57 bits per heavy atom. The fourth-order valence-corrected chi connectivity index (χ4v) is 2.39. The summed E-state index contributed by atoms with van der Waals surface area (Å²) in [5, 5.41) is 15.9. The van der Waals surface area contributed by atoms with Gasteiger partial charge < -0.3 is 21.5 Å². The molecule has 1 rings (SSSR count). The van der Waals surface area contributed by atoms with Crippen molar-refractivity contribution in [3.63, 3.8) is 0 Å². The van der Waals surface area contributed by atoms with Crippen LogP contribution in [0.3, 0.4) is 0 Å². The first-order valence-corrected chi connectivity index (χ1v) is 7.20. The standard InChI is InChI=1S/C12H18N4O4S/c1-6(2)9(16-12(13)20)10(17)14-4-3-8-15-7(5-21-8)11(18)19/h5-6,9H,3-4H2,1-2H3,(H,14,17)(H,18,19)(H3,13,16,20). The lowest BCUT2D eigenvalue weighted by Gasteiger charge is -2.20. The highest BCUT2D eigenvalue weighted by Gasteiger charge is 2.22. The molecule has 0 saturated heterocycles. The molecule has 0 aliphatic carbocycles. The van der Waals surface area contributed by atoms with Crippen LogP contribution in [0.5, 0.6) is 0 Å². The van der Waals surface area contributed by atoms with E-state index in [4.69, 9.17) is 10.8 Å². The number of hydrogen-bond acceptors (Lipinski definition) is 5. The minimum absolute atomic E-state index is 0.00298. The van der Waals surface area contributed by atoms with Crippen LogP contribution in [-0.4, -0.2) is 40.6 Å². The Labute approximate surface area is 125 Å². The van der Waals surface area contributed by atoms with Crippen molar-refractivity contribution in [2.45, 2.75) is 26.3 Å². The van der Waals surface area contributed by atoms with E-state index in [9.17, 15) is 14.4 Å². The molecule has 116 valence electrons. The molecule has 0 spiro atoms. The lowest BCUT2D eigenvalue weighted by atomic mass is 10.0. The Morgan fingerprint density at radius 2 is 2.10 bits per heavy atom. The molecule has 1 heterocycles. The Kier molecular flexibility index (Phi) is 6.10. The molecule has 1 aromatic heterocycles. The topological polar surface area (TPSA) is 134 Å². The van der Waals surface area contributed by atoms with Gasteiger partial charge in [-0.25, -0.2) is 14.6 Å². The van der Waals surface area contributed by atoms with Gasteiger partial charge in [-0.3, -0.25) is 4.79 Å². The summed E-state index contributed by atoms with van der Waals surface area (Å²) in [5.41, 5.74) is 5.02. The largest absolute Gasteiger partial charge is 0.476 e. The molecule has 8 nitrogen and oxygen atoms in total. The maximum absolute atomic E-state index is 11.9. The summed E-state index contributed by atoms with van der Waals surface area (Å²) in [7, 11) is 0. The molecule has 0 aliphatic heterocycles. The molecule has 0 aliphatic rings. The molecule has 1 aromatic rings. The number of carbonyl (C=O) groups excluding carboxylic acids is 2. The summed E-state index contributed by atoms with van der Waals surface area (Å²) in [6.07, 6.45) is 0.422. The quantitative estimate of drug-likeness (QED) is 0.570. The second-order valence-corrected chi connectivity index (χ2v) is 5.65. The van der Waals surface area contributed by atoms with Gasteiger partial charge in [0, 0.05) is 18.3 Å². The number of primary amides is 1. The second-order valence-electron chi connectivity index (χ2n) is 4.70. The number of hydrogen-bond donors (Lipinski definition) is 4. The highest BCUT2D eigenvalue weighted by molar-refractivity contribution is 7.09. The van der Waals surface area contributed by atoms with Gasteiger partial charge in [0.1, 0.15) is 6.04 Å². The average Bonchev–Trinajstić information content (AvgIpc) is 2.84. The number of carboxylic acid groups (broad SMARTS) is 1. The Balaban J connectivity index is 2.47. The minimum atomic E-state index is -1.08. The van der Waals surface area contributed by atoms with Gasteiger partial charge >= 0.3 is 12.0 Å². The number of carbonyl (C=O) groups is 3. The van der Waals surface area contributed by atoms with Crippen LogP contribution in [0, 0.1) is 5.92 Å². The summed E-state index contributed by atoms with van der Waals surface area (Å²) >= 11 is 1.22. The summed E-state index contributed by atoms with van der Waals surface area (Å²) in [4.78, 5) is 37.4. The van der Waals surface area contributed by atoms with Gasteiger partial charge in [0.2, 0.25) is 5.91 Å². The number of urea groups is 1. The molecule has 5 N–H and O–H groups in total. The Morgan fingerprint density at radius 1 is 1.43 bits per heavy atom. The van der Waals surface area contributed by atoms with Crippen LogP contribution in [0.1, 0.15) is 29.3 Å². The maximum atomic E-state index is 11.9. The van der Waals surface area contributed by atoms with Crippen LogP contribution < -0.4 is 16.4 Å². The zero-order valence-corrected chi connectivity index (χ0v) is 12.6. The van der Waals surface area contributed by atoms with Crippen LogP contribution in [0.15, 0.2) is 5.38 Å². The van der Waals surface area contributed by atoms with Gasteiger partial charge in [0.25, 0.3) is 0 Å². The molecule has 0 aromatic carbocycles. The summed E-state index contributed by atoms with van der Waals surface area (Å²) in [6.45, 7) is 3.88. The van der Waals surface area contributed by atoms with E-state index in [1.54, 1.807) is 13.8 Å². The molecule has 1 atom stereocenters. The van der Waals surface area contributed by atoms with Crippen LogP contribution >= 0.6 is 11.3 Å². The van der Waals surface area contributed by atoms with Crippen molar-refractivity contribution >= 4 is 29.2 Å². The van der Waals surface area contributed by atoms with Crippen LogP contribution in [0.25, 0.3) is 0 Å². The van der Waals surface area contributed by atoms with Gasteiger partial charge in [-0.05, 0) is 5.92 Å². The first-order valence-electron chi connectivity index (χ1n) is 6.32. The van der Waals surface area contributed by atoms with E-state index in [-0.39, 0.29) is 17.5 Å². The van der Waals surface area contributed by atoms with Crippen LogP contribution in [0.4, 0.5) is 4.79 Å². The predicted octanol–water partition coefficient (Wildman–Crippen LogP) is 0.193. The van der Waals surface area contributed by atoms with Crippen molar-refractivity contribution in [1.82, 2.24) is 15.6 Å². The third-order valence-electron chi connectivity index (χ3n) is 2.66. The first-order chi connectivity index (χ1) is 9.81. The third kappa shape index (κ3) is 5.38. The zero-order valence-electron chi connectivity index (χ0n) is 11.8. The number of rotatable bonds is 7. The third-order valence-corrected chi connectivity index (χ3v) is 3.56. The van der Waals surface area contributed by atoms with Gasteiger partial charge in [-0.2, -0.15) is 0 Å². The van der Waals surface area contributed by atoms with E-state index in [0.29, 0.717) is 18.0 Å². The van der Waals surface area contributed by atoms with Gasteiger partial charge in [0.05, 0.1) is 5.01 Å². The second kappa shape index (κ2) is 7.58. The van der Waals surface area contributed by atoms with Gasteiger partial charge in [-0.15, -0.1) is 11.3 Å². The van der Waals surface area contributed by atoms with E-state index in [1.807, 2.05) is 0 Å². The normalized spacial score (nSPS) is 12.0. The van der Waals surface area contributed by atoms with Crippen molar-refractivity contribution in [3.8, 4) is 0 Å². The van der Waals surface area contributed by atoms with E-state index in [0.717, 1.165) is 0 Å². The number of thiazole rings is 1. The van der Waals surface area contributed by atoms with Crippen molar-refractivity contribution in [3.05, 3.63) is 16.1 Å². The number of nitrogens with zero attached hydrogens (tertiary/aromatic N) is 1. The molecule has 1 unspecified atom stereocenters. The van der Waals surface area contributed by atoms with Crippen LogP contribution in [-0.2, 0) is 11.2 Å². The fraction of sp³-hybridized carbons (Fsp3) is 0.500. The number of aromatic carboxylic acids is 1. The SMILES string of the molecule is CC(C)C(NC(N)=O)C(=O)NCCc1nc(C(=O)O)cs1. The van der Waals surface area contributed by atoms with E-state index in [1.165, 1.54) is 16.7 Å². The minimum Gasteiger partial charge on any atom is -0.476 e. The maximum Gasteiger partial charge on any atom is 0.355 e. The highest BCUT2D eigenvalue weighted by Crippen LogP contribution is 2.10. The van der Waals surface area contributed by atoms with Crippen molar-refractivity contribution in [2.24, 2.45) is 11.7 Å². The number of amides is 3. The molecule has 0 radical (unpaired) electrons. The lowest BCUT2D eigenvalue weighted by molar-refractivity contribution is -0.123. The average molecular weight is 314 g/mol. The Hall–Kier alpha value is -2.16. The summed E-state index contributed by atoms with van der Waals surface area (Å²) < 4.78 is 0. The smallest absolute Gasteiger partial charge is 0.355 e. The van der Waals surface area contributed by atoms with Gasteiger partial charge in [0.15, 0.2) is 5.69 Å². The van der Waals surface area contributed by atoms with E-state index in [2.05, 4.69) is 15.6 Å². The number of nitrogens with one attached hydrogen (secondary N) is 2.